The molecule has 0 bridgehead atoms. The van der Waals surface area contributed by atoms with Gasteiger partial charge in [-0.15, -0.1) is 0 Å². The molecule has 1 atom stereocenters. The fourth-order valence-electron chi connectivity index (χ4n) is 1.62. The quantitative estimate of drug-likeness (QED) is 0.673. The first kappa shape index (κ1) is 8.94. The Bertz CT molecular complexity index is 381. The van der Waals surface area contributed by atoms with E-state index < -0.39 is 0 Å². The van der Waals surface area contributed by atoms with E-state index in [2.05, 4.69) is 5.32 Å². The van der Waals surface area contributed by atoms with Crippen molar-refractivity contribution in [2.24, 2.45) is 0 Å². The molecule has 0 saturated carbocycles. The molecule has 0 radical (unpaired) electrons. The molecule has 3 heteroatoms. The number of hydrogen-bond acceptors (Lipinski definition) is 2. The van der Waals surface area contributed by atoms with Crippen molar-refractivity contribution in [2.45, 2.75) is 19.3 Å². The van der Waals surface area contributed by atoms with E-state index in [9.17, 15) is 9.59 Å². The van der Waals surface area contributed by atoms with Crippen molar-refractivity contribution in [1.29, 1.82) is 0 Å². The first-order valence-electron chi connectivity index (χ1n) is 4.57. The van der Waals surface area contributed by atoms with Crippen LogP contribution in [0.4, 0.5) is 0 Å². The van der Waals surface area contributed by atoms with E-state index in [4.69, 9.17) is 0 Å². The Labute approximate surface area is 82.1 Å². The Kier molecular flexibility index (Phi) is 2.08. The van der Waals surface area contributed by atoms with E-state index in [0.717, 1.165) is 11.1 Å². The average Bonchev–Trinajstić information content (AvgIpc) is 2.47. The van der Waals surface area contributed by atoms with Gasteiger partial charge in [-0.3, -0.25) is 14.9 Å². The Balaban J connectivity index is 2.27. The van der Waals surface area contributed by atoms with Crippen LogP contribution in [-0.4, -0.2) is 11.8 Å². The molecule has 1 aliphatic rings. The number of carbonyl (C=O) groups is 2. The molecule has 1 heterocycles. The van der Waals surface area contributed by atoms with Gasteiger partial charge in [0.1, 0.15) is 0 Å². The number of imide groups is 1. The monoisotopic (exact) mass is 189 g/mol. The third-order valence-electron chi connectivity index (χ3n) is 2.45. The molecule has 2 rings (SSSR count). The van der Waals surface area contributed by atoms with E-state index in [0.29, 0.717) is 0 Å². The third kappa shape index (κ3) is 1.53. The van der Waals surface area contributed by atoms with Gasteiger partial charge in [0.15, 0.2) is 0 Å². The highest BCUT2D eigenvalue weighted by Crippen LogP contribution is 2.24. The number of hydrogen-bond donors (Lipinski definition) is 1. The maximum Gasteiger partial charge on any atom is 0.234 e. The van der Waals surface area contributed by atoms with E-state index >= 15 is 0 Å². The van der Waals surface area contributed by atoms with Crippen molar-refractivity contribution in [3.05, 3.63) is 35.4 Å². The second-order valence-corrected chi connectivity index (χ2v) is 3.58. The summed E-state index contributed by atoms with van der Waals surface area (Å²) < 4.78 is 0. The summed E-state index contributed by atoms with van der Waals surface area (Å²) in [6, 6.07) is 7.70. The number of amides is 2. The molecule has 14 heavy (non-hydrogen) atoms. The maximum atomic E-state index is 11.3. The topological polar surface area (TPSA) is 46.2 Å². The van der Waals surface area contributed by atoms with Crippen molar-refractivity contribution in [1.82, 2.24) is 5.32 Å². The second-order valence-electron chi connectivity index (χ2n) is 3.58. The smallest absolute Gasteiger partial charge is 0.234 e. The predicted octanol–water partition coefficient (Wildman–Crippen LogP) is 1.13. The molecule has 1 fully saturated rings. The molecule has 1 unspecified atom stereocenters. The Morgan fingerprint density at radius 1 is 1.21 bits per heavy atom. The Hall–Kier alpha value is -1.64. The van der Waals surface area contributed by atoms with Gasteiger partial charge >= 0.3 is 0 Å². The summed E-state index contributed by atoms with van der Waals surface area (Å²) in [6.07, 6.45) is 0.280. The van der Waals surface area contributed by atoms with Crippen LogP contribution in [0.3, 0.4) is 0 Å². The standard InChI is InChI=1S/C11H11NO2/c1-7-2-4-8(5-3-7)9-6-10(13)12-11(9)14/h2-5,9H,6H2,1H3,(H,12,13,14). The lowest BCUT2D eigenvalue weighted by Crippen LogP contribution is -2.21. The summed E-state index contributed by atoms with van der Waals surface area (Å²) in [4.78, 5) is 22.3. The van der Waals surface area contributed by atoms with Crippen LogP contribution in [0.5, 0.6) is 0 Å². The lowest BCUT2D eigenvalue weighted by atomic mass is 9.97. The summed E-state index contributed by atoms with van der Waals surface area (Å²) >= 11 is 0. The van der Waals surface area contributed by atoms with Crippen molar-refractivity contribution in [3.63, 3.8) is 0 Å². The molecule has 0 aromatic heterocycles. The van der Waals surface area contributed by atoms with Crippen molar-refractivity contribution < 1.29 is 9.59 Å². The minimum atomic E-state index is -0.289. The van der Waals surface area contributed by atoms with Gasteiger partial charge in [0.2, 0.25) is 11.8 Å². The van der Waals surface area contributed by atoms with Gasteiger partial charge < -0.3 is 0 Å². The van der Waals surface area contributed by atoms with Gasteiger partial charge in [-0.05, 0) is 12.5 Å². The molecule has 1 aromatic carbocycles. The molecule has 1 aromatic rings. The summed E-state index contributed by atoms with van der Waals surface area (Å²) in [7, 11) is 0. The van der Waals surface area contributed by atoms with Gasteiger partial charge in [0.05, 0.1) is 5.92 Å². The molecule has 2 amide bonds. The van der Waals surface area contributed by atoms with E-state index in [1.54, 1.807) is 0 Å². The van der Waals surface area contributed by atoms with E-state index in [1.807, 2.05) is 31.2 Å². The van der Waals surface area contributed by atoms with Crippen LogP contribution in [0, 0.1) is 6.92 Å². The normalized spacial score (nSPS) is 21.1. The number of benzene rings is 1. The van der Waals surface area contributed by atoms with Crippen LogP contribution in [0.25, 0.3) is 0 Å². The minimum absolute atomic E-state index is 0.180. The van der Waals surface area contributed by atoms with Crippen LogP contribution in [0.2, 0.25) is 0 Å². The summed E-state index contributed by atoms with van der Waals surface area (Å²) in [5, 5.41) is 2.30. The predicted molar refractivity (Wildman–Crippen MR) is 51.7 cm³/mol. The first-order valence-corrected chi connectivity index (χ1v) is 4.57. The molecular weight excluding hydrogens is 178 g/mol. The number of nitrogens with one attached hydrogen (secondary N) is 1. The van der Waals surface area contributed by atoms with Gasteiger partial charge in [0, 0.05) is 6.42 Å². The molecular formula is C11H11NO2. The van der Waals surface area contributed by atoms with E-state index in [-0.39, 0.29) is 24.2 Å². The average molecular weight is 189 g/mol. The van der Waals surface area contributed by atoms with Crippen LogP contribution in [-0.2, 0) is 9.59 Å². The molecule has 1 aliphatic heterocycles. The van der Waals surface area contributed by atoms with Crippen LogP contribution in [0.1, 0.15) is 23.5 Å². The zero-order chi connectivity index (χ0) is 10.1. The highest BCUT2D eigenvalue weighted by molar-refractivity contribution is 6.06. The highest BCUT2D eigenvalue weighted by atomic mass is 16.2. The molecule has 1 N–H and O–H groups in total. The lowest BCUT2D eigenvalue weighted by Gasteiger charge is -2.05. The van der Waals surface area contributed by atoms with Gasteiger partial charge in [-0.2, -0.15) is 0 Å². The number of carbonyl (C=O) groups excluding carboxylic acids is 2. The zero-order valence-corrected chi connectivity index (χ0v) is 7.91. The molecule has 1 saturated heterocycles. The molecule has 3 nitrogen and oxygen atoms in total. The fourth-order valence-corrected chi connectivity index (χ4v) is 1.62. The lowest BCUT2D eigenvalue weighted by molar-refractivity contribution is -0.125. The summed E-state index contributed by atoms with van der Waals surface area (Å²) in [5.74, 6) is -0.650. The zero-order valence-electron chi connectivity index (χ0n) is 7.91. The Morgan fingerprint density at radius 3 is 2.36 bits per heavy atom. The van der Waals surface area contributed by atoms with Crippen LogP contribution >= 0.6 is 0 Å². The highest BCUT2D eigenvalue weighted by Gasteiger charge is 2.31. The largest absolute Gasteiger partial charge is 0.296 e. The first-order chi connectivity index (χ1) is 6.66. The summed E-state index contributed by atoms with van der Waals surface area (Å²) in [6.45, 7) is 1.99. The van der Waals surface area contributed by atoms with Crippen LogP contribution in [0.15, 0.2) is 24.3 Å². The molecule has 0 aliphatic carbocycles. The number of aryl methyl sites for hydroxylation is 1. The van der Waals surface area contributed by atoms with Gasteiger partial charge in [0.25, 0.3) is 0 Å². The number of rotatable bonds is 1. The van der Waals surface area contributed by atoms with Gasteiger partial charge in [-0.1, -0.05) is 29.8 Å². The summed E-state index contributed by atoms with van der Waals surface area (Å²) in [5.41, 5.74) is 2.07. The fraction of sp³-hybridized carbons (Fsp3) is 0.273. The SMILES string of the molecule is Cc1ccc(C2CC(=O)NC2=O)cc1. The maximum absolute atomic E-state index is 11.3. The van der Waals surface area contributed by atoms with E-state index in [1.165, 1.54) is 0 Å². The third-order valence-corrected chi connectivity index (χ3v) is 2.45. The van der Waals surface area contributed by atoms with Gasteiger partial charge in [-0.25, -0.2) is 0 Å². The van der Waals surface area contributed by atoms with Crippen molar-refractivity contribution in [2.75, 3.05) is 0 Å². The minimum Gasteiger partial charge on any atom is -0.296 e. The molecule has 72 valence electrons. The van der Waals surface area contributed by atoms with Crippen LogP contribution < -0.4 is 5.32 Å². The Morgan fingerprint density at radius 2 is 1.86 bits per heavy atom. The molecule has 0 spiro atoms. The second kappa shape index (κ2) is 3.25. The van der Waals surface area contributed by atoms with Crippen molar-refractivity contribution >= 4 is 11.8 Å². The van der Waals surface area contributed by atoms with Crippen molar-refractivity contribution in [3.8, 4) is 0 Å².